The monoisotopic (exact) mass is 114 g/mol. The molecule has 1 atom stereocenters. The van der Waals surface area contributed by atoms with E-state index in [2.05, 4.69) is 0 Å². The zero-order valence-corrected chi connectivity index (χ0v) is 3.29. The van der Waals surface area contributed by atoms with Crippen LogP contribution in [0.4, 0.5) is 13.2 Å². The number of hydrogen-bond acceptors (Lipinski definition) is 0. The quantitative estimate of drug-likeness (QED) is 0.490. The molecular weight excluding hydrogens is 105 g/mol. The predicted octanol–water partition coefficient (Wildman–Crippen LogP) is 2.25. The van der Waals surface area contributed by atoms with Crippen molar-refractivity contribution < 1.29 is 13.2 Å². The van der Waals surface area contributed by atoms with E-state index >= 15 is 0 Å². The third kappa shape index (κ3) is 5.79. The van der Waals surface area contributed by atoms with Gasteiger partial charge in [-0.1, -0.05) is 7.43 Å². The maximum absolute atomic E-state index is 11.1. The van der Waals surface area contributed by atoms with E-state index < -0.39 is 12.6 Å². The first-order chi connectivity index (χ1) is 2.64. The Hall–Kier alpha value is -0.210. The van der Waals surface area contributed by atoms with E-state index in [1.54, 1.807) is 0 Å². The first kappa shape index (κ1) is 9.92. The largest absolute Gasteiger partial charge is 0.269 e. The zero-order valence-electron chi connectivity index (χ0n) is 3.29. The number of hydrogen-bond donors (Lipinski definition) is 0. The van der Waals surface area contributed by atoms with Gasteiger partial charge >= 0.3 is 0 Å². The third-order valence-corrected chi connectivity index (χ3v) is 0.347. The van der Waals surface area contributed by atoms with Gasteiger partial charge in [0.1, 0.15) is 0 Å². The highest BCUT2D eigenvalue weighted by Gasteiger charge is 2.10. The van der Waals surface area contributed by atoms with Crippen LogP contribution in [0.5, 0.6) is 0 Å². The van der Waals surface area contributed by atoms with Gasteiger partial charge in [0.25, 0.3) is 6.43 Å². The summed E-state index contributed by atoms with van der Waals surface area (Å²) in [6, 6.07) is 0. The highest BCUT2D eigenvalue weighted by molar-refractivity contribution is 4.45. The molecule has 0 aromatic rings. The van der Waals surface area contributed by atoms with Gasteiger partial charge in [0.2, 0.25) is 0 Å². The lowest BCUT2D eigenvalue weighted by Gasteiger charge is -1.93. The molecule has 0 amide bonds. The number of halogens is 3. The molecule has 0 aliphatic rings. The summed E-state index contributed by atoms with van der Waals surface area (Å²) in [4.78, 5) is 0. The van der Waals surface area contributed by atoms with E-state index in [1.807, 2.05) is 0 Å². The Kier molecular flexibility index (Phi) is 5.62. The van der Waals surface area contributed by atoms with Gasteiger partial charge in [0.15, 0.2) is 6.17 Å². The standard InChI is InChI=1S/C3H5F3.CH4/c1-2(4)3(5)6;/h2-3H,1H3;1H4. The number of alkyl halides is 3. The fraction of sp³-hybridized carbons (Fsp3) is 1.00. The van der Waals surface area contributed by atoms with Crippen molar-refractivity contribution in [1.82, 2.24) is 0 Å². The van der Waals surface area contributed by atoms with Gasteiger partial charge in [-0.25, -0.2) is 13.2 Å². The summed E-state index contributed by atoms with van der Waals surface area (Å²) in [5.74, 6) is 0. The molecule has 0 aliphatic heterocycles. The maximum atomic E-state index is 11.1. The zero-order chi connectivity index (χ0) is 5.15. The normalized spacial score (nSPS) is 13.3. The molecule has 0 saturated heterocycles. The van der Waals surface area contributed by atoms with Crippen LogP contribution in [-0.4, -0.2) is 12.6 Å². The van der Waals surface area contributed by atoms with Crippen molar-refractivity contribution >= 4 is 0 Å². The lowest BCUT2D eigenvalue weighted by molar-refractivity contribution is 0.0603. The van der Waals surface area contributed by atoms with Gasteiger partial charge in [-0.3, -0.25) is 0 Å². The van der Waals surface area contributed by atoms with E-state index in [9.17, 15) is 13.2 Å². The second-order valence-corrected chi connectivity index (χ2v) is 1.01. The molecule has 0 spiro atoms. The smallest absolute Gasteiger partial charge is 0.242 e. The summed E-state index contributed by atoms with van der Waals surface area (Å²) >= 11 is 0. The van der Waals surface area contributed by atoms with E-state index in [-0.39, 0.29) is 7.43 Å². The summed E-state index contributed by atoms with van der Waals surface area (Å²) in [5.41, 5.74) is 0. The van der Waals surface area contributed by atoms with E-state index in [0.29, 0.717) is 0 Å². The lowest BCUT2D eigenvalue weighted by Crippen LogP contribution is -2.04. The van der Waals surface area contributed by atoms with Crippen LogP contribution in [0.15, 0.2) is 0 Å². The Labute approximate surface area is 41.3 Å². The molecule has 0 aliphatic carbocycles. The molecule has 7 heavy (non-hydrogen) atoms. The van der Waals surface area contributed by atoms with Crippen LogP contribution in [0.25, 0.3) is 0 Å². The molecule has 46 valence electrons. The van der Waals surface area contributed by atoms with E-state index in [1.165, 1.54) is 0 Å². The van der Waals surface area contributed by atoms with Crippen LogP contribution in [0.2, 0.25) is 0 Å². The molecule has 0 aromatic heterocycles. The summed E-state index contributed by atoms with van der Waals surface area (Å²) < 4.78 is 32.6. The molecule has 0 bridgehead atoms. The van der Waals surface area contributed by atoms with Crippen LogP contribution in [0.3, 0.4) is 0 Å². The maximum Gasteiger partial charge on any atom is 0.269 e. The van der Waals surface area contributed by atoms with Crippen LogP contribution < -0.4 is 0 Å². The summed E-state index contributed by atoms with van der Waals surface area (Å²) in [7, 11) is 0. The Balaban J connectivity index is 0. The van der Waals surface area contributed by atoms with Gasteiger partial charge in [0, 0.05) is 0 Å². The van der Waals surface area contributed by atoms with Gasteiger partial charge in [-0.15, -0.1) is 0 Å². The minimum atomic E-state index is -2.81. The van der Waals surface area contributed by atoms with Crippen LogP contribution in [0.1, 0.15) is 14.4 Å². The van der Waals surface area contributed by atoms with Crippen molar-refractivity contribution in [3.05, 3.63) is 0 Å². The van der Waals surface area contributed by atoms with Crippen LogP contribution in [-0.2, 0) is 0 Å². The molecule has 0 aromatic carbocycles. The van der Waals surface area contributed by atoms with Crippen LogP contribution in [0, 0.1) is 0 Å². The third-order valence-electron chi connectivity index (χ3n) is 0.347. The predicted molar refractivity (Wildman–Crippen MR) is 23.3 cm³/mol. The van der Waals surface area contributed by atoms with Crippen molar-refractivity contribution in [2.45, 2.75) is 26.9 Å². The van der Waals surface area contributed by atoms with Crippen molar-refractivity contribution in [1.29, 1.82) is 0 Å². The average Bonchev–Trinajstić information content (AvgIpc) is 1.36. The Morgan fingerprint density at radius 1 is 1.14 bits per heavy atom. The first-order valence-corrected chi connectivity index (χ1v) is 1.57. The van der Waals surface area contributed by atoms with Gasteiger partial charge < -0.3 is 0 Å². The van der Waals surface area contributed by atoms with Crippen molar-refractivity contribution in [3.8, 4) is 0 Å². The van der Waals surface area contributed by atoms with Crippen molar-refractivity contribution in [2.24, 2.45) is 0 Å². The van der Waals surface area contributed by atoms with Gasteiger partial charge in [-0.2, -0.15) is 0 Å². The Morgan fingerprint density at radius 2 is 1.29 bits per heavy atom. The molecule has 3 heteroatoms. The van der Waals surface area contributed by atoms with E-state index in [0.717, 1.165) is 6.92 Å². The SMILES string of the molecule is C.CC(F)C(F)F. The summed E-state index contributed by atoms with van der Waals surface area (Å²) in [5, 5.41) is 0. The average molecular weight is 114 g/mol. The van der Waals surface area contributed by atoms with Gasteiger partial charge in [0.05, 0.1) is 0 Å². The minimum absolute atomic E-state index is 0. The molecule has 0 fully saturated rings. The minimum Gasteiger partial charge on any atom is -0.242 e. The molecule has 0 nitrogen and oxygen atoms in total. The molecular formula is C4H9F3. The number of rotatable bonds is 1. The summed E-state index contributed by atoms with van der Waals surface area (Å²) in [6.07, 6.45) is -4.80. The van der Waals surface area contributed by atoms with Gasteiger partial charge in [-0.05, 0) is 6.92 Å². The molecule has 0 radical (unpaired) electrons. The van der Waals surface area contributed by atoms with E-state index in [4.69, 9.17) is 0 Å². The highest BCUT2D eigenvalue weighted by atomic mass is 19.3. The molecule has 0 saturated carbocycles. The second kappa shape index (κ2) is 3.96. The molecule has 0 heterocycles. The highest BCUT2D eigenvalue weighted by Crippen LogP contribution is 2.01. The molecule has 1 unspecified atom stereocenters. The van der Waals surface area contributed by atoms with Crippen molar-refractivity contribution in [3.63, 3.8) is 0 Å². The Bertz CT molecular complexity index is 27.9. The molecule has 0 rings (SSSR count). The Morgan fingerprint density at radius 3 is 1.29 bits per heavy atom. The first-order valence-electron chi connectivity index (χ1n) is 1.57. The fourth-order valence-corrected chi connectivity index (χ4v) is 0. The van der Waals surface area contributed by atoms with Crippen LogP contribution >= 0.6 is 0 Å². The topological polar surface area (TPSA) is 0 Å². The lowest BCUT2D eigenvalue weighted by atomic mass is 10.5. The molecule has 0 N–H and O–H groups in total. The fourth-order valence-electron chi connectivity index (χ4n) is 0. The van der Waals surface area contributed by atoms with Crippen molar-refractivity contribution in [2.75, 3.05) is 0 Å². The second-order valence-electron chi connectivity index (χ2n) is 1.01. The summed E-state index contributed by atoms with van der Waals surface area (Å²) in [6.45, 7) is 0.824.